The number of benzene rings is 1. The maximum atomic E-state index is 12.8. The third kappa shape index (κ3) is 3.67. The van der Waals surface area contributed by atoms with E-state index in [9.17, 15) is 14.4 Å². The smallest absolute Gasteiger partial charge is 0.255 e. The van der Waals surface area contributed by atoms with Gasteiger partial charge < -0.3 is 15.0 Å². The van der Waals surface area contributed by atoms with Gasteiger partial charge in [-0.25, -0.2) is 0 Å². The maximum absolute atomic E-state index is 12.8. The van der Waals surface area contributed by atoms with Gasteiger partial charge in [-0.2, -0.15) is 0 Å². The van der Waals surface area contributed by atoms with E-state index in [1.165, 1.54) is 0 Å². The Balaban J connectivity index is 1.41. The predicted octanol–water partition coefficient (Wildman–Crippen LogP) is 0.262. The predicted molar refractivity (Wildman–Crippen MR) is 101 cm³/mol. The molecule has 0 radical (unpaired) electrons. The van der Waals surface area contributed by atoms with Crippen molar-refractivity contribution in [3.63, 3.8) is 0 Å². The highest BCUT2D eigenvalue weighted by atomic mass is 16.5. The zero-order valence-corrected chi connectivity index (χ0v) is 16.2. The molecule has 150 valence electrons. The zero-order chi connectivity index (χ0) is 19.9. The largest absolute Gasteiger partial charge is 0.360 e. The lowest BCUT2D eigenvalue weighted by Gasteiger charge is -2.29. The summed E-state index contributed by atoms with van der Waals surface area (Å²) < 4.78 is 5.68. The number of nitrogens with one attached hydrogen (secondary N) is 3. The quantitative estimate of drug-likeness (QED) is 0.628. The summed E-state index contributed by atoms with van der Waals surface area (Å²) in [5, 5.41) is 9.19. The molecule has 3 amide bonds. The second kappa shape index (κ2) is 7.27. The molecule has 0 spiro atoms. The number of carbonyl (C=O) groups excluding carboxylic acids is 3. The Hall–Kier alpha value is -2.29. The van der Waals surface area contributed by atoms with Gasteiger partial charge in [0.15, 0.2) is 0 Å². The summed E-state index contributed by atoms with van der Waals surface area (Å²) in [6.45, 7) is 6.47. The Morgan fingerprint density at radius 1 is 1.29 bits per heavy atom. The molecule has 3 aliphatic heterocycles. The van der Waals surface area contributed by atoms with E-state index in [0.717, 1.165) is 17.7 Å². The van der Waals surface area contributed by atoms with Crippen LogP contribution in [0.25, 0.3) is 0 Å². The third-order valence-corrected chi connectivity index (χ3v) is 5.58. The number of carbonyl (C=O) groups is 3. The summed E-state index contributed by atoms with van der Waals surface area (Å²) in [4.78, 5) is 38.0. The lowest BCUT2D eigenvalue weighted by atomic mass is 10.0. The monoisotopic (exact) mass is 386 g/mol. The highest BCUT2D eigenvalue weighted by Crippen LogP contribution is 2.29. The van der Waals surface area contributed by atoms with Gasteiger partial charge >= 0.3 is 0 Å². The fourth-order valence-corrected chi connectivity index (χ4v) is 4.19. The first-order valence-corrected chi connectivity index (χ1v) is 9.72. The van der Waals surface area contributed by atoms with Crippen LogP contribution in [0.1, 0.15) is 48.2 Å². The van der Waals surface area contributed by atoms with Gasteiger partial charge in [-0.3, -0.25) is 25.0 Å². The standard InChI is InChI=1S/C20H26N4O4/c1-20(2)23-13(11-28-20)9-21-8-12-4-3-5-14-15(12)10-24(19(14)27)16-6-7-17(25)22-18(16)26/h3-5,13,16,21,23H,6-11H2,1-2H3,(H,22,25,26)/t13-,16?/m0/s1. The van der Waals surface area contributed by atoms with E-state index in [4.69, 9.17) is 4.74 Å². The summed E-state index contributed by atoms with van der Waals surface area (Å²) >= 11 is 0. The van der Waals surface area contributed by atoms with E-state index in [0.29, 0.717) is 31.7 Å². The van der Waals surface area contributed by atoms with Crippen LogP contribution in [0.3, 0.4) is 0 Å². The number of piperidine rings is 1. The number of imide groups is 1. The van der Waals surface area contributed by atoms with Crippen LogP contribution in [0.4, 0.5) is 0 Å². The van der Waals surface area contributed by atoms with Crippen LogP contribution in [-0.4, -0.2) is 53.6 Å². The normalized spacial score (nSPS) is 26.5. The van der Waals surface area contributed by atoms with E-state index in [-0.39, 0.29) is 35.9 Å². The first kappa shape index (κ1) is 19.0. The van der Waals surface area contributed by atoms with Gasteiger partial charge in [-0.05, 0) is 37.5 Å². The lowest BCUT2D eigenvalue weighted by molar-refractivity contribution is -0.136. The molecule has 28 heavy (non-hydrogen) atoms. The minimum absolute atomic E-state index is 0.140. The van der Waals surface area contributed by atoms with Crippen molar-refractivity contribution < 1.29 is 19.1 Å². The van der Waals surface area contributed by atoms with Crippen LogP contribution in [0, 0.1) is 0 Å². The first-order valence-electron chi connectivity index (χ1n) is 9.72. The molecule has 8 heteroatoms. The molecule has 0 aromatic heterocycles. The summed E-state index contributed by atoms with van der Waals surface area (Å²) in [7, 11) is 0. The first-order chi connectivity index (χ1) is 13.3. The molecule has 3 aliphatic rings. The summed E-state index contributed by atoms with van der Waals surface area (Å²) in [5.41, 5.74) is 2.36. The molecule has 4 rings (SSSR count). The number of fused-ring (bicyclic) bond motifs is 1. The molecule has 3 N–H and O–H groups in total. The molecular formula is C20H26N4O4. The molecule has 0 saturated carbocycles. The van der Waals surface area contributed by atoms with Gasteiger partial charge in [-0.15, -0.1) is 0 Å². The van der Waals surface area contributed by atoms with Gasteiger partial charge in [0.2, 0.25) is 11.8 Å². The number of rotatable bonds is 5. The van der Waals surface area contributed by atoms with Gasteiger partial charge in [-0.1, -0.05) is 12.1 Å². The molecule has 1 aromatic carbocycles. The second-order valence-corrected chi connectivity index (χ2v) is 8.14. The van der Waals surface area contributed by atoms with Gasteiger partial charge in [0, 0.05) is 37.7 Å². The van der Waals surface area contributed by atoms with Crippen molar-refractivity contribution >= 4 is 17.7 Å². The highest BCUT2D eigenvalue weighted by molar-refractivity contribution is 6.05. The zero-order valence-electron chi connectivity index (χ0n) is 16.2. The molecule has 1 aromatic rings. The van der Waals surface area contributed by atoms with E-state index in [1.807, 2.05) is 32.0 Å². The average molecular weight is 386 g/mol. The van der Waals surface area contributed by atoms with Crippen LogP contribution in [0.2, 0.25) is 0 Å². The SMILES string of the molecule is CC1(C)N[C@@H](CNCc2cccc3c2CN(C2CCC(=O)NC2=O)C3=O)CO1. The molecule has 3 heterocycles. The number of hydrogen-bond donors (Lipinski definition) is 3. The second-order valence-electron chi connectivity index (χ2n) is 8.14. The molecule has 0 aliphatic carbocycles. The minimum Gasteiger partial charge on any atom is -0.360 e. The van der Waals surface area contributed by atoms with Crippen molar-refractivity contribution in [3.8, 4) is 0 Å². The summed E-state index contributed by atoms with van der Waals surface area (Å²) in [6, 6.07) is 5.35. The minimum atomic E-state index is -0.583. The lowest BCUT2D eigenvalue weighted by Crippen LogP contribution is -2.52. The van der Waals surface area contributed by atoms with Crippen LogP contribution in [0.5, 0.6) is 0 Å². The Morgan fingerprint density at radius 3 is 2.82 bits per heavy atom. The van der Waals surface area contributed by atoms with E-state index in [2.05, 4.69) is 16.0 Å². The molecule has 1 unspecified atom stereocenters. The van der Waals surface area contributed by atoms with Crippen molar-refractivity contribution in [2.45, 2.75) is 57.6 Å². The third-order valence-electron chi connectivity index (χ3n) is 5.58. The van der Waals surface area contributed by atoms with Crippen LogP contribution in [-0.2, 0) is 27.4 Å². The van der Waals surface area contributed by atoms with E-state index in [1.54, 1.807) is 4.90 Å². The average Bonchev–Trinajstić information content (AvgIpc) is 3.15. The number of ether oxygens (including phenoxy) is 1. The number of nitrogens with zero attached hydrogens (tertiary/aromatic N) is 1. The summed E-state index contributed by atoms with van der Waals surface area (Å²) in [6.07, 6.45) is 0.638. The molecule has 2 atom stereocenters. The maximum Gasteiger partial charge on any atom is 0.255 e. The van der Waals surface area contributed by atoms with Crippen molar-refractivity contribution in [3.05, 3.63) is 34.9 Å². The van der Waals surface area contributed by atoms with Gasteiger partial charge in [0.1, 0.15) is 11.8 Å². The molecule has 2 saturated heterocycles. The molecule has 8 nitrogen and oxygen atoms in total. The Labute approximate surface area is 164 Å². The number of hydrogen-bond acceptors (Lipinski definition) is 6. The van der Waals surface area contributed by atoms with Gasteiger partial charge in [0.05, 0.1) is 6.61 Å². The van der Waals surface area contributed by atoms with Crippen LogP contribution in [0.15, 0.2) is 18.2 Å². The van der Waals surface area contributed by atoms with Crippen molar-refractivity contribution in [2.24, 2.45) is 0 Å². The highest BCUT2D eigenvalue weighted by Gasteiger charge is 2.39. The molecular weight excluding hydrogens is 360 g/mol. The van der Waals surface area contributed by atoms with E-state index >= 15 is 0 Å². The Morgan fingerprint density at radius 2 is 2.11 bits per heavy atom. The molecule has 2 fully saturated rings. The van der Waals surface area contributed by atoms with Crippen LogP contribution >= 0.6 is 0 Å². The number of amides is 3. The topological polar surface area (TPSA) is 99.8 Å². The fraction of sp³-hybridized carbons (Fsp3) is 0.550. The van der Waals surface area contributed by atoms with Crippen molar-refractivity contribution in [1.29, 1.82) is 0 Å². The Bertz CT molecular complexity index is 822. The van der Waals surface area contributed by atoms with Crippen LogP contribution < -0.4 is 16.0 Å². The van der Waals surface area contributed by atoms with Crippen molar-refractivity contribution in [2.75, 3.05) is 13.2 Å². The van der Waals surface area contributed by atoms with E-state index < -0.39 is 6.04 Å². The van der Waals surface area contributed by atoms with Crippen molar-refractivity contribution in [1.82, 2.24) is 20.9 Å². The molecule has 0 bridgehead atoms. The fourth-order valence-electron chi connectivity index (χ4n) is 4.19. The Kier molecular flexibility index (Phi) is 4.95. The summed E-state index contributed by atoms with van der Waals surface area (Å²) in [5.74, 6) is -0.797. The van der Waals surface area contributed by atoms with Gasteiger partial charge in [0.25, 0.3) is 5.91 Å².